The first-order valence-corrected chi connectivity index (χ1v) is 9.34. The summed E-state index contributed by atoms with van der Waals surface area (Å²) >= 11 is 0. The summed E-state index contributed by atoms with van der Waals surface area (Å²) in [6.45, 7) is 3.04. The Balaban J connectivity index is 1.48. The molecule has 0 spiro atoms. The van der Waals surface area contributed by atoms with E-state index in [9.17, 15) is 4.79 Å². The molecule has 132 valence electrons. The molecular formula is C20H30N2O2. The Kier molecular flexibility index (Phi) is 5.90. The van der Waals surface area contributed by atoms with Crippen molar-refractivity contribution in [3.63, 3.8) is 0 Å². The summed E-state index contributed by atoms with van der Waals surface area (Å²) in [6.07, 6.45) is 6.86. The number of carbonyl (C=O) groups excluding carboxylic acids is 1. The number of carbonyl (C=O) groups is 1. The van der Waals surface area contributed by atoms with Crippen molar-refractivity contribution < 1.29 is 9.53 Å². The van der Waals surface area contributed by atoms with Gasteiger partial charge in [0.2, 0.25) is 5.91 Å². The van der Waals surface area contributed by atoms with E-state index in [1.54, 1.807) is 6.92 Å². The van der Waals surface area contributed by atoms with Crippen LogP contribution in [0.3, 0.4) is 0 Å². The number of likely N-dealkylation sites (tertiary alicyclic amines) is 1. The van der Waals surface area contributed by atoms with Gasteiger partial charge in [0, 0.05) is 19.5 Å². The summed E-state index contributed by atoms with van der Waals surface area (Å²) in [4.78, 5) is 13.7. The lowest BCUT2D eigenvalue weighted by Crippen LogP contribution is -2.56. The Morgan fingerprint density at radius 2 is 1.88 bits per heavy atom. The number of hydrogen-bond acceptors (Lipinski definition) is 3. The fourth-order valence-electron chi connectivity index (χ4n) is 4.21. The van der Waals surface area contributed by atoms with Crippen molar-refractivity contribution in [2.24, 2.45) is 5.73 Å². The minimum Gasteiger partial charge on any atom is -0.376 e. The van der Waals surface area contributed by atoms with Gasteiger partial charge in [-0.25, -0.2) is 0 Å². The molecule has 0 aromatic heterocycles. The number of rotatable bonds is 4. The van der Waals surface area contributed by atoms with Crippen LogP contribution in [0, 0.1) is 0 Å². The van der Waals surface area contributed by atoms with E-state index >= 15 is 0 Å². The molecule has 1 saturated heterocycles. The average molecular weight is 330 g/mol. The summed E-state index contributed by atoms with van der Waals surface area (Å²) in [6, 6.07) is 10.9. The van der Waals surface area contributed by atoms with Crippen molar-refractivity contribution in [1.29, 1.82) is 0 Å². The summed E-state index contributed by atoms with van der Waals surface area (Å²) in [5, 5.41) is 0. The topological polar surface area (TPSA) is 55.6 Å². The van der Waals surface area contributed by atoms with Crippen LogP contribution < -0.4 is 5.73 Å². The minimum absolute atomic E-state index is 0.0445. The first-order valence-electron chi connectivity index (χ1n) is 9.34. The molecule has 1 saturated carbocycles. The molecule has 3 rings (SSSR count). The van der Waals surface area contributed by atoms with E-state index in [1.165, 1.54) is 18.4 Å². The SMILES string of the molecule is CC(=O)N1CCC[C@H](N)[C@@H]1CO[C@H]1CC[C@@H](c2ccccc2)CC1. The molecule has 1 aromatic carbocycles. The molecule has 0 unspecified atom stereocenters. The first kappa shape index (κ1) is 17.4. The van der Waals surface area contributed by atoms with Crippen LogP contribution in [0.4, 0.5) is 0 Å². The predicted octanol–water partition coefficient (Wildman–Crippen LogP) is 3.07. The van der Waals surface area contributed by atoms with Crippen LogP contribution in [0.15, 0.2) is 30.3 Å². The van der Waals surface area contributed by atoms with Gasteiger partial charge in [0.25, 0.3) is 0 Å². The van der Waals surface area contributed by atoms with Crippen molar-refractivity contribution in [3.8, 4) is 0 Å². The molecule has 0 bridgehead atoms. The second kappa shape index (κ2) is 8.13. The first-order chi connectivity index (χ1) is 11.6. The second-order valence-corrected chi connectivity index (χ2v) is 7.30. The van der Waals surface area contributed by atoms with Crippen LogP contribution >= 0.6 is 0 Å². The Labute approximate surface area is 145 Å². The van der Waals surface area contributed by atoms with Crippen LogP contribution in [-0.2, 0) is 9.53 Å². The Morgan fingerprint density at radius 3 is 2.54 bits per heavy atom. The number of benzene rings is 1. The third kappa shape index (κ3) is 4.17. The summed E-state index contributed by atoms with van der Waals surface area (Å²) in [5.74, 6) is 0.781. The van der Waals surface area contributed by atoms with Crippen LogP contribution in [-0.4, -0.2) is 42.1 Å². The van der Waals surface area contributed by atoms with E-state index in [0.29, 0.717) is 18.6 Å². The monoisotopic (exact) mass is 330 g/mol. The maximum Gasteiger partial charge on any atom is 0.219 e. The van der Waals surface area contributed by atoms with Gasteiger partial charge < -0.3 is 15.4 Å². The molecule has 4 heteroatoms. The summed E-state index contributed by atoms with van der Waals surface area (Å²) in [7, 11) is 0. The molecule has 2 fully saturated rings. The van der Waals surface area contributed by atoms with E-state index in [4.69, 9.17) is 10.5 Å². The maximum atomic E-state index is 11.8. The van der Waals surface area contributed by atoms with Gasteiger partial charge in [0.05, 0.1) is 18.8 Å². The van der Waals surface area contributed by atoms with Gasteiger partial charge in [-0.2, -0.15) is 0 Å². The highest BCUT2D eigenvalue weighted by Gasteiger charge is 2.32. The molecule has 2 atom stereocenters. The Bertz CT molecular complexity index is 526. The molecule has 4 nitrogen and oxygen atoms in total. The molecule has 1 aliphatic carbocycles. The van der Waals surface area contributed by atoms with E-state index in [1.807, 2.05) is 4.90 Å². The number of amides is 1. The van der Waals surface area contributed by atoms with Gasteiger partial charge in [-0.1, -0.05) is 30.3 Å². The third-order valence-corrected chi connectivity index (χ3v) is 5.68. The summed E-state index contributed by atoms with van der Waals surface area (Å²) < 4.78 is 6.18. The molecule has 1 aromatic rings. The van der Waals surface area contributed by atoms with E-state index in [-0.39, 0.29) is 18.0 Å². The van der Waals surface area contributed by atoms with E-state index in [2.05, 4.69) is 30.3 Å². The number of nitrogens with two attached hydrogens (primary N) is 1. The molecule has 2 N–H and O–H groups in total. The van der Waals surface area contributed by atoms with Gasteiger partial charge in [0.15, 0.2) is 0 Å². The fourth-order valence-corrected chi connectivity index (χ4v) is 4.21. The van der Waals surface area contributed by atoms with Crippen LogP contribution in [0.25, 0.3) is 0 Å². The molecule has 1 heterocycles. The molecule has 1 aliphatic heterocycles. The molecular weight excluding hydrogens is 300 g/mol. The van der Waals surface area contributed by atoms with Crippen molar-refractivity contribution in [2.45, 2.75) is 69.6 Å². The molecule has 24 heavy (non-hydrogen) atoms. The zero-order chi connectivity index (χ0) is 16.9. The van der Waals surface area contributed by atoms with Crippen molar-refractivity contribution in [1.82, 2.24) is 4.90 Å². The van der Waals surface area contributed by atoms with Gasteiger partial charge in [0.1, 0.15) is 0 Å². The minimum atomic E-state index is 0.0445. The van der Waals surface area contributed by atoms with E-state index in [0.717, 1.165) is 32.2 Å². The number of hydrogen-bond donors (Lipinski definition) is 1. The molecule has 1 amide bonds. The Morgan fingerprint density at radius 1 is 1.17 bits per heavy atom. The van der Waals surface area contributed by atoms with E-state index < -0.39 is 0 Å². The average Bonchev–Trinajstić information content (AvgIpc) is 2.61. The lowest BCUT2D eigenvalue weighted by Gasteiger charge is -2.40. The van der Waals surface area contributed by atoms with Gasteiger partial charge in [-0.3, -0.25) is 4.79 Å². The largest absolute Gasteiger partial charge is 0.376 e. The van der Waals surface area contributed by atoms with Gasteiger partial charge in [-0.05, 0) is 50.0 Å². The number of piperidine rings is 1. The normalized spacial score (nSPS) is 31.0. The van der Waals surface area contributed by atoms with Gasteiger partial charge in [-0.15, -0.1) is 0 Å². The lowest BCUT2D eigenvalue weighted by molar-refractivity contribution is -0.135. The highest BCUT2D eigenvalue weighted by atomic mass is 16.5. The summed E-state index contributed by atoms with van der Waals surface area (Å²) in [5.41, 5.74) is 7.70. The second-order valence-electron chi connectivity index (χ2n) is 7.30. The fraction of sp³-hybridized carbons (Fsp3) is 0.650. The van der Waals surface area contributed by atoms with Crippen LogP contribution in [0.1, 0.15) is 56.9 Å². The quantitative estimate of drug-likeness (QED) is 0.923. The van der Waals surface area contributed by atoms with Crippen LogP contribution in [0.5, 0.6) is 0 Å². The smallest absolute Gasteiger partial charge is 0.219 e. The highest BCUT2D eigenvalue weighted by molar-refractivity contribution is 5.73. The molecule has 0 radical (unpaired) electrons. The van der Waals surface area contributed by atoms with Crippen LogP contribution in [0.2, 0.25) is 0 Å². The zero-order valence-corrected chi connectivity index (χ0v) is 14.7. The third-order valence-electron chi connectivity index (χ3n) is 5.68. The lowest BCUT2D eigenvalue weighted by atomic mass is 9.83. The highest BCUT2D eigenvalue weighted by Crippen LogP contribution is 2.34. The predicted molar refractivity (Wildman–Crippen MR) is 95.8 cm³/mol. The molecule has 2 aliphatic rings. The van der Waals surface area contributed by atoms with Gasteiger partial charge >= 0.3 is 0 Å². The Hall–Kier alpha value is -1.39. The van der Waals surface area contributed by atoms with Crippen molar-refractivity contribution in [2.75, 3.05) is 13.2 Å². The standard InChI is InChI=1S/C20H30N2O2/c1-15(23)22-13-5-8-19(21)20(22)14-24-18-11-9-17(10-12-18)16-6-3-2-4-7-16/h2-4,6-7,17-20H,5,8-14,21H2,1H3/t17-,18+,19-,20-/m0/s1. The number of nitrogens with zero attached hydrogens (tertiary/aromatic N) is 1. The zero-order valence-electron chi connectivity index (χ0n) is 14.7. The van der Waals surface area contributed by atoms with Crippen molar-refractivity contribution >= 4 is 5.91 Å². The van der Waals surface area contributed by atoms with Crippen molar-refractivity contribution in [3.05, 3.63) is 35.9 Å². The number of ether oxygens (including phenoxy) is 1. The maximum absolute atomic E-state index is 11.8.